The van der Waals surface area contributed by atoms with Gasteiger partial charge >= 0.3 is 18.0 Å². The zero-order valence-electron chi connectivity index (χ0n) is 54.7. The van der Waals surface area contributed by atoms with Crippen LogP contribution in [-0.2, 0) is 81.2 Å². The van der Waals surface area contributed by atoms with Crippen molar-refractivity contribution in [2.75, 3.05) is 53.0 Å². The molecule has 4 saturated heterocycles. The Morgan fingerprint density at radius 3 is 2.16 bits per heavy atom. The van der Waals surface area contributed by atoms with Crippen LogP contribution in [0.15, 0.2) is 28.4 Å². The molecule has 4 aliphatic heterocycles. The predicted octanol–water partition coefficient (Wildman–Crippen LogP) is 5.63. The van der Waals surface area contributed by atoms with Crippen molar-refractivity contribution in [3.8, 4) is 0 Å². The van der Waals surface area contributed by atoms with Gasteiger partial charge in [0.15, 0.2) is 40.1 Å². The van der Waals surface area contributed by atoms with Gasteiger partial charge in [-0.15, -0.1) is 0 Å². The lowest BCUT2D eigenvalue weighted by Gasteiger charge is -2.45. The van der Waals surface area contributed by atoms with Gasteiger partial charge in [-0.05, 0) is 99.2 Å². The molecule has 1 unspecified atom stereocenters. The minimum Gasteiger partial charge on any atom is -0.461 e. The molecule has 0 bridgehead atoms. The van der Waals surface area contributed by atoms with Gasteiger partial charge in [0.05, 0.1) is 65.3 Å². The maximum atomic E-state index is 16.1. The number of rotatable bonds is 20. The Kier molecular flexibility index (Phi) is 26.8. The summed E-state index contributed by atoms with van der Waals surface area (Å²) in [6, 6.07) is 2.70. The van der Waals surface area contributed by atoms with Gasteiger partial charge in [-0.1, -0.05) is 53.6 Å². The lowest BCUT2D eigenvalue weighted by Crippen LogP contribution is -2.59. The number of hydrogen-bond donors (Lipinski definition) is 4. The highest BCUT2D eigenvalue weighted by Crippen LogP contribution is 2.41. The maximum Gasteiger partial charge on any atom is 0.408 e. The molecule has 1 aromatic heterocycles. The number of ketones is 1. The fraction of sp³-hybridized carbons (Fsp3) is 0.836. The monoisotopic (exact) mass is 1260 g/mol. The van der Waals surface area contributed by atoms with E-state index in [2.05, 4.69) is 20.4 Å². The molecular weight excluding hydrogens is 1150 g/mol. The molecule has 25 nitrogen and oxygen atoms in total. The number of pyridine rings is 1. The molecule has 0 radical (unpaired) electrons. The molecule has 5 N–H and O–H groups in total. The van der Waals surface area contributed by atoms with E-state index >= 15 is 9.59 Å². The number of aliphatic hydroxyl groups is 2. The first-order chi connectivity index (χ1) is 40.6. The summed E-state index contributed by atoms with van der Waals surface area (Å²) in [5.41, 5.74) is 2.60. The number of nitrogens with zero attached hydrogens (tertiary/aromatic N) is 3. The van der Waals surface area contributed by atoms with Crippen LogP contribution in [0.4, 0.5) is 10.6 Å². The molecular formula is C61H103N5O20S. The Morgan fingerprint density at radius 2 is 1.55 bits per heavy atom. The number of methoxy groups -OCH3 is 2. The van der Waals surface area contributed by atoms with Crippen LogP contribution in [0.2, 0.25) is 0 Å². The predicted molar refractivity (Wildman–Crippen MR) is 319 cm³/mol. The number of Topliss-reactive ketones (excluding diaryl/α,β-unsaturated/α-hetero) is 1. The molecule has 4 aliphatic rings. The van der Waals surface area contributed by atoms with Gasteiger partial charge in [0, 0.05) is 75.6 Å². The van der Waals surface area contributed by atoms with Crippen molar-refractivity contribution in [1.29, 1.82) is 0 Å². The lowest BCUT2D eigenvalue weighted by atomic mass is 9.74. The van der Waals surface area contributed by atoms with Crippen LogP contribution in [0.1, 0.15) is 136 Å². The highest BCUT2D eigenvalue weighted by atomic mass is 32.2. The molecule has 0 saturated carbocycles. The van der Waals surface area contributed by atoms with Crippen LogP contribution in [0.5, 0.6) is 0 Å². The van der Waals surface area contributed by atoms with Gasteiger partial charge in [-0.25, -0.2) is 18.2 Å². The number of aromatic nitrogens is 1. The second-order valence-corrected chi connectivity index (χ2v) is 28.3. The van der Waals surface area contributed by atoms with E-state index in [-0.39, 0.29) is 66.8 Å². The normalized spacial score (nSPS) is 37.3. The van der Waals surface area contributed by atoms with E-state index in [0.717, 1.165) is 6.20 Å². The number of nitrogens with one attached hydrogen (secondary N) is 1. The van der Waals surface area contributed by atoms with E-state index in [9.17, 15) is 28.2 Å². The third-order valence-electron chi connectivity index (χ3n) is 17.5. The average Bonchev–Trinajstić information content (AvgIpc) is 1.53. The number of nitrogen functional groups attached to an aromatic ring is 1. The number of sulfone groups is 1. The molecule has 1 amide bonds. The number of carbonyl (C=O) groups excluding carboxylic acids is 4. The molecule has 0 aliphatic carbocycles. The zero-order valence-corrected chi connectivity index (χ0v) is 55.5. The van der Waals surface area contributed by atoms with Crippen LogP contribution >= 0.6 is 0 Å². The summed E-state index contributed by atoms with van der Waals surface area (Å²) < 4.78 is 97.6. The van der Waals surface area contributed by atoms with Crippen molar-refractivity contribution in [2.45, 2.75) is 244 Å². The lowest BCUT2D eigenvalue weighted by molar-refractivity contribution is -0.305. The van der Waals surface area contributed by atoms with Crippen molar-refractivity contribution < 1.29 is 94.8 Å². The smallest absolute Gasteiger partial charge is 0.408 e. The van der Waals surface area contributed by atoms with Crippen molar-refractivity contribution in [2.24, 2.45) is 46.6 Å². The van der Waals surface area contributed by atoms with E-state index in [1.54, 1.807) is 62.3 Å². The zero-order chi connectivity index (χ0) is 65.2. The largest absolute Gasteiger partial charge is 0.461 e. The van der Waals surface area contributed by atoms with E-state index in [1.165, 1.54) is 40.4 Å². The van der Waals surface area contributed by atoms with Crippen molar-refractivity contribution in [3.63, 3.8) is 0 Å². The average molecular weight is 1260 g/mol. The Bertz CT molecular complexity index is 2550. The minimum atomic E-state index is -3.91. The third-order valence-corrected chi connectivity index (χ3v) is 19.2. The molecule has 22 atom stereocenters. The van der Waals surface area contributed by atoms with Gasteiger partial charge < -0.3 is 83.1 Å². The number of ether oxygens (including phenoxy) is 11. The number of nitrogens with two attached hydrogens (primary N) is 1. The highest BCUT2D eigenvalue weighted by Gasteiger charge is 2.53. The van der Waals surface area contributed by atoms with Crippen LogP contribution in [0.3, 0.4) is 0 Å². The Morgan fingerprint density at radius 1 is 0.885 bits per heavy atom. The molecule has 26 heteroatoms. The van der Waals surface area contributed by atoms with Gasteiger partial charge in [0.1, 0.15) is 49.6 Å². The summed E-state index contributed by atoms with van der Waals surface area (Å²) in [5.74, 6) is -8.39. The van der Waals surface area contributed by atoms with Crippen molar-refractivity contribution in [1.82, 2.24) is 15.2 Å². The third kappa shape index (κ3) is 19.4. The number of esters is 2. The van der Waals surface area contributed by atoms with Crippen molar-refractivity contribution in [3.05, 3.63) is 18.3 Å². The fourth-order valence-corrected chi connectivity index (χ4v) is 13.9. The summed E-state index contributed by atoms with van der Waals surface area (Å²) in [4.78, 5) is 71.5. The van der Waals surface area contributed by atoms with Gasteiger partial charge in [-0.2, -0.15) is 0 Å². The van der Waals surface area contributed by atoms with Crippen LogP contribution in [0.25, 0.3) is 0 Å². The number of likely N-dealkylation sites (N-methyl/N-ethyl adjacent to an activating group) is 1. The summed E-state index contributed by atoms with van der Waals surface area (Å²) >= 11 is 0. The summed E-state index contributed by atoms with van der Waals surface area (Å²) in [5, 5.41) is 29.8. The van der Waals surface area contributed by atoms with E-state index in [4.69, 9.17) is 62.7 Å². The number of alkyl carbamates (subject to hydrolysis) is 1. The molecule has 1 aromatic rings. The van der Waals surface area contributed by atoms with Crippen molar-refractivity contribution >= 4 is 45.2 Å². The summed E-state index contributed by atoms with van der Waals surface area (Å²) in [6.45, 7) is 26.5. The summed E-state index contributed by atoms with van der Waals surface area (Å²) in [7, 11) is 2.30. The van der Waals surface area contributed by atoms with Gasteiger partial charge in [-0.3, -0.25) is 14.4 Å². The topological polar surface area (TPSA) is 320 Å². The number of cyclic esters (lactones) is 1. The first-order valence-corrected chi connectivity index (χ1v) is 32.2. The molecule has 4 fully saturated rings. The molecule has 498 valence electrons. The molecule has 0 aromatic carbocycles. The number of aliphatic hydroxyl groups excluding tert-OH is 2. The highest BCUT2D eigenvalue weighted by molar-refractivity contribution is 7.91. The molecule has 5 heterocycles. The number of carbonyl (C=O) groups is 4. The molecule has 87 heavy (non-hydrogen) atoms. The quantitative estimate of drug-likeness (QED) is 0.0698. The summed E-state index contributed by atoms with van der Waals surface area (Å²) in [6.07, 6.45) is -13.7. The second-order valence-electron chi connectivity index (χ2n) is 26.2. The van der Waals surface area contributed by atoms with Gasteiger partial charge in [0.2, 0.25) is 0 Å². The van der Waals surface area contributed by atoms with Gasteiger partial charge in [0.25, 0.3) is 0 Å². The molecule has 0 spiro atoms. The van der Waals surface area contributed by atoms with Crippen LogP contribution < -0.4 is 11.1 Å². The van der Waals surface area contributed by atoms with Crippen LogP contribution in [-0.4, -0.2) is 209 Å². The number of oxime groups is 1. The second kappa shape index (κ2) is 31.7. The number of anilines is 1. The van der Waals surface area contributed by atoms with E-state index in [0.29, 0.717) is 13.0 Å². The van der Waals surface area contributed by atoms with E-state index in [1.807, 2.05) is 41.7 Å². The maximum absolute atomic E-state index is 16.1. The Balaban J connectivity index is 1.70. The number of amides is 1. The first-order valence-electron chi connectivity index (χ1n) is 30.6. The first kappa shape index (κ1) is 73.5. The van der Waals surface area contributed by atoms with E-state index < -0.39 is 166 Å². The number of hydrogen-bond acceptors (Lipinski definition) is 24. The SMILES string of the molecule is CON=C1C[C@@H](C)O[C@@H](O[C@@H]2[C@@H](C)[C@H](O[C@H]3CC(C)N(C)C[C@H](C)O3)[C@@H](C)C(=O)O[C@H]([C@@H](C)CO[C@@H]3O[C@H](C)[C@@H](O)[C@@H](OC)[C@H]3OC)[C@H](C)[C@@H](OC(=O)CC(C)C)[C@@H](C)C(=O)[C@@](C)(OC(=O)NC(C)(C)CCS(=O)(=O)c3ccc(N)nc3)C[C@@H]2C)[C@@H]1O. The Hall–Kier alpha value is -4.19. The fourth-order valence-electron chi connectivity index (χ4n) is 12.4. The Labute approximate surface area is 515 Å². The van der Waals surface area contributed by atoms with Crippen LogP contribution in [0, 0.1) is 41.4 Å². The molecule has 5 rings (SSSR count). The standard InChI is InChI=1S/C61H103N5O20S/c1-31(2)24-45(67)82-51-38(9)50(33(4)30-78-58-54(76-18)53(75-17)47(68)41(12)81-58)84-56(71)40(11)52(83-46-25-34(5)66(16)29-36(7)79-46)37(8)49(85-57-48(69)43(65-77-19)26-35(6)80-57)32(3)27-61(15,55(70)39(51)10)86-59(72)64-60(13,14)22-23-87(73,74)42-20-21-44(62)63-28-42/h20-21,28,31-41,46-54,57-58,68-69H,22-27,29-30H2,1-19H3,(H2,62,63)(H,64,72)/t32-,33-,34?,35+,36-,37+,38-,39+,40+,41+,46-,47+,48+,49-,50+,51+,52-,53+,54+,57-,58+,61-/m0/s1. The minimum absolute atomic E-state index is 0.0298.